The van der Waals surface area contributed by atoms with Crippen LogP contribution in [0.1, 0.15) is 21.5 Å². The summed E-state index contributed by atoms with van der Waals surface area (Å²) in [5, 5.41) is 3.23. The lowest BCUT2D eigenvalue weighted by molar-refractivity contribution is 0.0937. The van der Waals surface area contributed by atoms with E-state index in [0.717, 1.165) is 16.8 Å². The second-order valence-electron chi connectivity index (χ2n) is 6.30. The fourth-order valence-corrected chi connectivity index (χ4v) is 3.22. The zero-order valence-electron chi connectivity index (χ0n) is 15.5. The second-order valence-corrected chi connectivity index (χ2v) is 6.69. The van der Waals surface area contributed by atoms with Crippen LogP contribution < -0.4 is 10.9 Å². The van der Waals surface area contributed by atoms with Crippen LogP contribution in [0.3, 0.4) is 0 Å². The number of amides is 1. The van der Waals surface area contributed by atoms with Crippen LogP contribution in [0.5, 0.6) is 0 Å². The van der Waals surface area contributed by atoms with Gasteiger partial charge in [0.15, 0.2) is 4.77 Å². The van der Waals surface area contributed by atoms with E-state index in [1.165, 1.54) is 4.57 Å². The molecule has 0 bridgehead atoms. The second kappa shape index (κ2) is 7.85. The minimum absolute atomic E-state index is 0.214. The third-order valence-electron chi connectivity index (χ3n) is 4.57. The summed E-state index contributed by atoms with van der Waals surface area (Å²) in [6, 6.07) is 10.7. The van der Waals surface area contributed by atoms with Gasteiger partial charge in [-0.25, -0.2) is 0 Å². The molecule has 7 heteroatoms. The van der Waals surface area contributed by atoms with E-state index in [9.17, 15) is 9.59 Å². The normalized spacial score (nSPS) is 10.9. The first-order chi connectivity index (χ1) is 12.9. The molecule has 0 saturated carbocycles. The van der Waals surface area contributed by atoms with Crippen molar-refractivity contribution in [1.82, 2.24) is 14.9 Å². The highest BCUT2D eigenvalue weighted by Crippen LogP contribution is 2.18. The van der Waals surface area contributed by atoms with Gasteiger partial charge in [-0.3, -0.25) is 14.2 Å². The molecule has 1 amide bonds. The smallest absolute Gasteiger partial charge is 0.266 e. The summed E-state index contributed by atoms with van der Waals surface area (Å²) in [6.07, 6.45) is 0. The number of nitrogens with zero attached hydrogens (tertiary/aromatic N) is 1. The van der Waals surface area contributed by atoms with Gasteiger partial charge in [0.25, 0.3) is 11.5 Å². The molecule has 0 aliphatic carbocycles. The lowest BCUT2D eigenvalue weighted by Crippen LogP contribution is -2.27. The summed E-state index contributed by atoms with van der Waals surface area (Å²) in [5.74, 6) is -0.230. The maximum atomic E-state index is 13.1. The van der Waals surface area contributed by atoms with Crippen LogP contribution >= 0.6 is 12.2 Å². The van der Waals surface area contributed by atoms with E-state index in [1.54, 1.807) is 25.3 Å². The molecule has 0 spiro atoms. The van der Waals surface area contributed by atoms with E-state index in [0.29, 0.717) is 29.6 Å². The molecule has 0 aliphatic heterocycles. The Kier molecular flexibility index (Phi) is 5.53. The number of fused-ring (bicyclic) bond motifs is 1. The van der Waals surface area contributed by atoms with Gasteiger partial charge in [0, 0.05) is 19.2 Å². The van der Waals surface area contributed by atoms with Gasteiger partial charge in [0.2, 0.25) is 0 Å². The highest BCUT2D eigenvalue weighted by Gasteiger charge is 2.13. The minimum Gasteiger partial charge on any atom is -0.383 e. The number of ether oxygens (including phenoxy) is 1. The summed E-state index contributed by atoms with van der Waals surface area (Å²) in [7, 11) is 1.57. The van der Waals surface area contributed by atoms with Crippen LogP contribution in [-0.4, -0.2) is 35.7 Å². The molecule has 2 aromatic carbocycles. The first kappa shape index (κ1) is 19.0. The fraction of sp³-hybridized carbons (Fsp3) is 0.250. The first-order valence-electron chi connectivity index (χ1n) is 8.57. The number of carbonyl (C=O) groups excluding carboxylic acids is 1. The number of aromatic nitrogens is 2. The fourth-order valence-electron chi connectivity index (χ4n) is 2.92. The quantitative estimate of drug-likeness (QED) is 0.524. The van der Waals surface area contributed by atoms with Crippen molar-refractivity contribution in [2.24, 2.45) is 0 Å². The Balaban J connectivity index is 2.10. The molecule has 0 unspecified atom stereocenters. The summed E-state index contributed by atoms with van der Waals surface area (Å²) in [4.78, 5) is 28.4. The summed E-state index contributed by atoms with van der Waals surface area (Å²) in [5.41, 5.74) is 3.60. The molecule has 3 rings (SSSR count). The number of carbonyl (C=O) groups is 1. The zero-order chi connectivity index (χ0) is 19.6. The number of hydrogen-bond donors (Lipinski definition) is 2. The van der Waals surface area contributed by atoms with Crippen molar-refractivity contribution in [3.05, 3.63) is 68.2 Å². The van der Waals surface area contributed by atoms with Crippen molar-refractivity contribution in [1.29, 1.82) is 0 Å². The van der Waals surface area contributed by atoms with Gasteiger partial charge in [0.1, 0.15) is 0 Å². The van der Waals surface area contributed by atoms with Crippen molar-refractivity contribution in [3.8, 4) is 5.69 Å². The summed E-state index contributed by atoms with van der Waals surface area (Å²) < 4.78 is 6.71. The van der Waals surface area contributed by atoms with Gasteiger partial charge in [-0.15, -0.1) is 0 Å². The molecule has 3 aromatic rings. The molecule has 0 aliphatic rings. The number of hydrogen-bond acceptors (Lipinski definition) is 4. The van der Waals surface area contributed by atoms with E-state index in [-0.39, 0.29) is 16.2 Å². The molecule has 27 heavy (non-hydrogen) atoms. The first-order valence-corrected chi connectivity index (χ1v) is 8.97. The summed E-state index contributed by atoms with van der Waals surface area (Å²) in [6.45, 7) is 4.80. The molecule has 2 N–H and O–H groups in total. The third-order valence-corrected chi connectivity index (χ3v) is 4.85. The van der Waals surface area contributed by atoms with Crippen LogP contribution in [0.2, 0.25) is 0 Å². The summed E-state index contributed by atoms with van der Waals surface area (Å²) >= 11 is 5.44. The molecule has 0 radical (unpaired) electrons. The Hall–Kier alpha value is -2.77. The number of rotatable bonds is 5. The number of aromatic amines is 1. The average Bonchev–Trinajstić information content (AvgIpc) is 2.64. The van der Waals surface area contributed by atoms with Crippen molar-refractivity contribution >= 4 is 29.0 Å². The Morgan fingerprint density at radius 2 is 2.04 bits per heavy atom. The number of H-pyrrole nitrogens is 1. The van der Waals surface area contributed by atoms with Gasteiger partial charge in [-0.1, -0.05) is 12.1 Å². The van der Waals surface area contributed by atoms with Crippen LogP contribution in [-0.2, 0) is 4.74 Å². The molecule has 1 heterocycles. The average molecular weight is 383 g/mol. The minimum atomic E-state index is -0.230. The Morgan fingerprint density at radius 1 is 1.26 bits per heavy atom. The maximum Gasteiger partial charge on any atom is 0.266 e. The van der Waals surface area contributed by atoms with E-state index in [1.807, 2.05) is 32.0 Å². The van der Waals surface area contributed by atoms with E-state index < -0.39 is 0 Å². The molecule has 0 atom stereocenters. The van der Waals surface area contributed by atoms with Crippen LogP contribution in [0, 0.1) is 18.6 Å². The largest absolute Gasteiger partial charge is 0.383 e. The number of methoxy groups -OCH3 is 1. The van der Waals surface area contributed by atoms with Crippen molar-refractivity contribution in [2.45, 2.75) is 13.8 Å². The van der Waals surface area contributed by atoms with Crippen LogP contribution in [0.4, 0.5) is 0 Å². The van der Waals surface area contributed by atoms with Gasteiger partial charge in [-0.05, 0) is 61.5 Å². The lowest BCUT2D eigenvalue weighted by atomic mass is 10.1. The highest BCUT2D eigenvalue weighted by molar-refractivity contribution is 7.71. The van der Waals surface area contributed by atoms with Gasteiger partial charge >= 0.3 is 0 Å². The van der Waals surface area contributed by atoms with Crippen molar-refractivity contribution < 1.29 is 9.53 Å². The van der Waals surface area contributed by atoms with Crippen LogP contribution in [0.25, 0.3) is 16.6 Å². The van der Waals surface area contributed by atoms with Crippen molar-refractivity contribution in [2.75, 3.05) is 20.3 Å². The predicted molar refractivity (Wildman–Crippen MR) is 108 cm³/mol. The molecular formula is C20H21N3O3S. The molecule has 140 valence electrons. The van der Waals surface area contributed by atoms with E-state index in [2.05, 4.69) is 10.3 Å². The monoisotopic (exact) mass is 383 g/mol. The Morgan fingerprint density at radius 3 is 2.78 bits per heavy atom. The standard InChI is InChI=1S/C20H21N3O3S/c1-12-5-4-6-17(13(12)2)23-19(25)15-8-7-14(11-16(15)22-20(23)27)18(24)21-9-10-26-3/h4-8,11H,9-10H2,1-3H3,(H,21,24)(H,22,27). The SMILES string of the molecule is COCCNC(=O)c1ccc2c(=O)n(-c3cccc(C)c3C)c(=S)[nH]c2c1. The topological polar surface area (TPSA) is 76.1 Å². The van der Waals surface area contributed by atoms with Crippen LogP contribution in [0.15, 0.2) is 41.2 Å². The van der Waals surface area contributed by atoms with Gasteiger partial charge < -0.3 is 15.0 Å². The van der Waals surface area contributed by atoms with E-state index in [4.69, 9.17) is 17.0 Å². The predicted octanol–water partition coefficient (Wildman–Crippen LogP) is 3.04. The van der Waals surface area contributed by atoms with Gasteiger partial charge in [0.05, 0.1) is 23.2 Å². The van der Waals surface area contributed by atoms with E-state index >= 15 is 0 Å². The number of aryl methyl sites for hydroxylation is 1. The Bertz CT molecular complexity index is 1130. The maximum absolute atomic E-state index is 13.1. The van der Waals surface area contributed by atoms with Crippen molar-refractivity contribution in [3.63, 3.8) is 0 Å². The Labute approximate surface area is 161 Å². The molecular weight excluding hydrogens is 362 g/mol. The third kappa shape index (κ3) is 3.70. The number of nitrogens with one attached hydrogen (secondary N) is 2. The zero-order valence-corrected chi connectivity index (χ0v) is 16.3. The molecule has 0 fully saturated rings. The highest BCUT2D eigenvalue weighted by atomic mass is 32.1. The molecule has 0 saturated heterocycles. The van der Waals surface area contributed by atoms with Gasteiger partial charge in [-0.2, -0.15) is 0 Å². The molecule has 1 aromatic heterocycles. The lowest BCUT2D eigenvalue weighted by Gasteiger charge is -2.13. The molecule has 6 nitrogen and oxygen atoms in total. The number of benzene rings is 2.